The number of carbonyl (C=O) groups is 1. The van der Waals surface area contributed by atoms with Gasteiger partial charge >= 0.3 is 6.18 Å². The number of ether oxygens (including phenoxy) is 1. The number of anilines is 1. The maximum Gasteiger partial charge on any atom is 0.419 e. The highest BCUT2D eigenvalue weighted by atomic mass is 19.4. The molecule has 1 amide bonds. The van der Waals surface area contributed by atoms with Gasteiger partial charge in [-0.15, -0.1) is 10.2 Å². The van der Waals surface area contributed by atoms with Gasteiger partial charge in [-0.25, -0.2) is 4.39 Å². The lowest BCUT2D eigenvalue weighted by Gasteiger charge is -2.09. The van der Waals surface area contributed by atoms with Crippen molar-refractivity contribution in [3.05, 3.63) is 83.9 Å². The van der Waals surface area contributed by atoms with E-state index in [1.54, 1.807) is 48.8 Å². The number of H-pyrrole nitrogens is 1. The second-order valence-electron chi connectivity index (χ2n) is 6.48. The summed E-state index contributed by atoms with van der Waals surface area (Å²) in [5, 5.41) is 9.97. The molecular weight excluding hydrogens is 430 g/mol. The minimum atomic E-state index is -4.92. The summed E-state index contributed by atoms with van der Waals surface area (Å²) in [4.78, 5) is 19.0. The van der Waals surface area contributed by atoms with Gasteiger partial charge in [-0.3, -0.25) is 15.1 Å². The number of hydrogen-bond donors (Lipinski definition) is 2. The van der Waals surface area contributed by atoms with Crippen molar-refractivity contribution in [1.29, 1.82) is 0 Å². The molecule has 11 heteroatoms. The number of carbonyl (C=O) groups excluding carboxylic acids is 1. The van der Waals surface area contributed by atoms with Crippen LogP contribution in [-0.2, 0) is 6.18 Å². The van der Waals surface area contributed by atoms with Crippen LogP contribution in [0.15, 0.2) is 67.0 Å². The largest absolute Gasteiger partial charge is 0.456 e. The van der Waals surface area contributed by atoms with Crippen molar-refractivity contribution in [2.24, 2.45) is 0 Å². The monoisotopic (exact) mass is 443 g/mol. The Bertz CT molecular complexity index is 1240. The van der Waals surface area contributed by atoms with Crippen molar-refractivity contribution in [1.82, 2.24) is 20.2 Å². The highest BCUT2D eigenvalue weighted by Crippen LogP contribution is 2.32. The topological polar surface area (TPSA) is 92.8 Å². The molecular formula is C21H13F4N5O2. The van der Waals surface area contributed by atoms with E-state index in [0.29, 0.717) is 35.0 Å². The summed E-state index contributed by atoms with van der Waals surface area (Å²) in [5.74, 6) is -1.02. The summed E-state index contributed by atoms with van der Waals surface area (Å²) in [6, 6.07) is 12.2. The predicted octanol–water partition coefficient (Wildman–Crippen LogP) is 5.07. The molecule has 0 aliphatic rings. The molecule has 2 heterocycles. The van der Waals surface area contributed by atoms with Crippen molar-refractivity contribution >= 4 is 11.9 Å². The summed E-state index contributed by atoms with van der Waals surface area (Å²) in [5.41, 5.74) is -1.29. The van der Waals surface area contributed by atoms with E-state index in [1.807, 2.05) is 0 Å². The molecule has 0 aliphatic carbocycles. The fourth-order valence-electron chi connectivity index (χ4n) is 2.74. The number of aromatic amines is 1. The average Bonchev–Trinajstić information content (AvgIpc) is 3.23. The Morgan fingerprint density at radius 2 is 1.78 bits per heavy atom. The van der Waals surface area contributed by atoms with Gasteiger partial charge in [0.2, 0.25) is 5.95 Å². The number of nitrogens with zero attached hydrogens (tertiary/aromatic N) is 3. The summed E-state index contributed by atoms with van der Waals surface area (Å²) in [6.45, 7) is 0. The van der Waals surface area contributed by atoms with Crippen LogP contribution in [0.2, 0.25) is 0 Å². The Kier molecular flexibility index (Phi) is 5.54. The highest BCUT2D eigenvalue weighted by molar-refractivity contribution is 6.03. The fraction of sp³-hybridized carbons (Fsp3) is 0.0476. The second-order valence-corrected chi connectivity index (χ2v) is 6.48. The van der Waals surface area contributed by atoms with E-state index in [4.69, 9.17) is 4.74 Å². The van der Waals surface area contributed by atoms with Gasteiger partial charge in [-0.05, 0) is 54.6 Å². The molecule has 2 aromatic carbocycles. The van der Waals surface area contributed by atoms with Crippen LogP contribution in [0.25, 0.3) is 11.4 Å². The van der Waals surface area contributed by atoms with Crippen LogP contribution in [0, 0.1) is 5.82 Å². The third kappa shape index (κ3) is 4.72. The lowest BCUT2D eigenvalue weighted by molar-refractivity contribution is -0.140. The lowest BCUT2D eigenvalue weighted by atomic mass is 10.1. The number of halogens is 4. The van der Waals surface area contributed by atoms with Crippen LogP contribution in [0.3, 0.4) is 0 Å². The molecule has 0 atom stereocenters. The smallest absolute Gasteiger partial charge is 0.419 e. The van der Waals surface area contributed by atoms with E-state index >= 15 is 0 Å². The number of aromatic nitrogens is 4. The number of alkyl halides is 3. The molecule has 0 saturated heterocycles. The first kappa shape index (κ1) is 21.0. The first-order chi connectivity index (χ1) is 15.3. The molecule has 162 valence electrons. The molecule has 0 radical (unpaired) electrons. The number of pyridine rings is 1. The van der Waals surface area contributed by atoms with Crippen LogP contribution in [0.4, 0.5) is 23.5 Å². The van der Waals surface area contributed by atoms with Crippen molar-refractivity contribution in [2.45, 2.75) is 6.18 Å². The summed E-state index contributed by atoms with van der Waals surface area (Å²) >= 11 is 0. The van der Waals surface area contributed by atoms with Crippen LogP contribution in [-0.4, -0.2) is 26.1 Å². The summed E-state index contributed by atoms with van der Waals surface area (Å²) in [6.07, 6.45) is -1.73. The number of hydrogen-bond acceptors (Lipinski definition) is 5. The maximum absolute atomic E-state index is 13.4. The molecule has 0 unspecified atom stereocenters. The van der Waals surface area contributed by atoms with Crippen LogP contribution >= 0.6 is 0 Å². The molecule has 7 nitrogen and oxygen atoms in total. The number of amides is 1. The molecule has 0 saturated carbocycles. The summed E-state index contributed by atoms with van der Waals surface area (Å²) < 4.78 is 57.6. The van der Waals surface area contributed by atoms with Gasteiger partial charge < -0.3 is 9.72 Å². The van der Waals surface area contributed by atoms with E-state index in [2.05, 4.69) is 25.5 Å². The average molecular weight is 443 g/mol. The molecule has 2 N–H and O–H groups in total. The number of rotatable bonds is 5. The van der Waals surface area contributed by atoms with Gasteiger partial charge in [0.15, 0.2) is 5.82 Å². The van der Waals surface area contributed by atoms with E-state index in [9.17, 15) is 22.4 Å². The standard InChI is InChI=1S/C21H13F4N5O2/c22-17-8-5-13(10-16(17)21(23,24)25)19(31)28-20-27-18(29-30-20)12-3-6-14(7-4-12)32-15-2-1-9-26-11-15/h1-11H,(H2,27,28,29,30,31). The van der Waals surface area contributed by atoms with Crippen LogP contribution in [0.5, 0.6) is 11.5 Å². The Labute approximate surface area is 178 Å². The number of benzene rings is 2. The Hall–Kier alpha value is -4.28. The molecule has 0 spiro atoms. The normalized spacial score (nSPS) is 11.2. The molecule has 4 rings (SSSR count). The first-order valence-corrected chi connectivity index (χ1v) is 9.09. The zero-order chi connectivity index (χ0) is 22.7. The lowest BCUT2D eigenvalue weighted by Crippen LogP contribution is -2.16. The molecule has 0 fully saturated rings. The van der Waals surface area contributed by atoms with Gasteiger partial charge in [-0.1, -0.05) is 0 Å². The molecule has 0 aliphatic heterocycles. The molecule has 4 aromatic rings. The van der Waals surface area contributed by atoms with Gasteiger partial charge in [0.05, 0.1) is 11.8 Å². The Balaban J connectivity index is 1.45. The third-order valence-electron chi connectivity index (χ3n) is 4.25. The summed E-state index contributed by atoms with van der Waals surface area (Å²) in [7, 11) is 0. The second kappa shape index (κ2) is 8.46. The minimum absolute atomic E-state index is 0.0847. The zero-order valence-electron chi connectivity index (χ0n) is 16.0. The minimum Gasteiger partial charge on any atom is -0.456 e. The molecule has 32 heavy (non-hydrogen) atoms. The Morgan fingerprint density at radius 3 is 2.47 bits per heavy atom. The molecule has 0 bridgehead atoms. The van der Waals surface area contributed by atoms with E-state index < -0.39 is 23.5 Å². The van der Waals surface area contributed by atoms with Crippen molar-refractivity contribution < 1.29 is 27.1 Å². The zero-order valence-corrected chi connectivity index (χ0v) is 16.0. The van der Waals surface area contributed by atoms with Gasteiger partial charge in [0.25, 0.3) is 5.91 Å². The predicted molar refractivity (Wildman–Crippen MR) is 105 cm³/mol. The third-order valence-corrected chi connectivity index (χ3v) is 4.25. The SMILES string of the molecule is O=C(Nc1nnc(-c2ccc(Oc3cccnc3)cc2)[nH]1)c1ccc(F)c(C(F)(F)F)c1. The van der Waals surface area contributed by atoms with E-state index in [1.165, 1.54) is 0 Å². The van der Waals surface area contributed by atoms with Crippen LogP contribution in [0.1, 0.15) is 15.9 Å². The van der Waals surface area contributed by atoms with Crippen molar-refractivity contribution in [3.8, 4) is 22.9 Å². The van der Waals surface area contributed by atoms with E-state index in [-0.39, 0.29) is 11.5 Å². The Morgan fingerprint density at radius 1 is 1.00 bits per heavy atom. The highest BCUT2D eigenvalue weighted by Gasteiger charge is 2.34. The van der Waals surface area contributed by atoms with Crippen LogP contribution < -0.4 is 10.1 Å². The maximum atomic E-state index is 13.4. The quantitative estimate of drug-likeness (QED) is 0.420. The fourth-order valence-corrected chi connectivity index (χ4v) is 2.74. The van der Waals surface area contributed by atoms with Crippen molar-refractivity contribution in [2.75, 3.05) is 5.32 Å². The number of nitrogens with one attached hydrogen (secondary N) is 2. The van der Waals surface area contributed by atoms with Gasteiger partial charge in [0, 0.05) is 17.3 Å². The van der Waals surface area contributed by atoms with Crippen molar-refractivity contribution in [3.63, 3.8) is 0 Å². The van der Waals surface area contributed by atoms with E-state index in [0.717, 1.165) is 6.07 Å². The molecule has 2 aromatic heterocycles. The van der Waals surface area contributed by atoms with Gasteiger partial charge in [0.1, 0.15) is 17.3 Å². The van der Waals surface area contributed by atoms with Gasteiger partial charge in [-0.2, -0.15) is 13.2 Å². The first-order valence-electron chi connectivity index (χ1n) is 9.09.